The first-order chi connectivity index (χ1) is 13.8. The van der Waals surface area contributed by atoms with Gasteiger partial charge in [0.2, 0.25) is 0 Å². The van der Waals surface area contributed by atoms with Crippen molar-refractivity contribution in [3.63, 3.8) is 0 Å². The third kappa shape index (κ3) is 6.49. The van der Waals surface area contributed by atoms with Crippen LogP contribution in [-0.4, -0.2) is 48.8 Å². The van der Waals surface area contributed by atoms with E-state index >= 15 is 0 Å². The van der Waals surface area contributed by atoms with Crippen LogP contribution in [0.4, 0.5) is 4.79 Å². The van der Waals surface area contributed by atoms with Gasteiger partial charge in [-0.1, -0.05) is 12.1 Å². The Labute approximate surface area is 172 Å². The predicted octanol–water partition coefficient (Wildman–Crippen LogP) is 3.63. The van der Waals surface area contributed by atoms with Gasteiger partial charge in [0, 0.05) is 23.9 Å². The van der Waals surface area contributed by atoms with Crippen LogP contribution < -0.4 is 10.5 Å². The summed E-state index contributed by atoms with van der Waals surface area (Å²) in [5, 5.41) is 0. The number of carbonyl (C=O) groups excluding carboxylic acids is 1. The summed E-state index contributed by atoms with van der Waals surface area (Å²) >= 11 is 0. The summed E-state index contributed by atoms with van der Waals surface area (Å²) in [6.07, 6.45) is 4.37. The molecule has 0 spiro atoms. The van der Waals surface area contributed by atoms with Crippen LogP contribution in [0.2, 0.25) is 0 Å². The first-order valence-electron chi connectivity index (χ1n) is 10.1. The van der Waals surface area contributed by atoms with Crippen molar-refractivity contribution in [3.05, 3.63) is 41.1 Å². The molecule has 2 aliphatic heterocycles. The van der Waals surface area contributed by atoms with Crippen LogP contribution in [0.25, 0.3) is 0 Å². The molecule has 2 aliphatic rings. The highest BCUT2D eigenvalue weighted by molar-refractivity contribution is 5.83. The molecule has 2 heterocycles. The molecule has 1 aromatic rings. The van der Waals surface area contributed by atoms with Crippen molar-refractivity contribution in [1.82, 2.24) is 4.90 Å². The number of carbonyl (C=O) groups is 1. The van der Waals surface area contributed by atoms with Gasteiger partial charge in [-0.15, -0.1) is 0 Å². The molecule has 0 radical (unpaired) electrons. The molecule has 1 unspecified atom stereocenters. The van der Waals surface area contributed by atoms with Gasteiger partial charge in [0.25, 0.3) is 0 Å². The smallest absolute Gasteiger partial charge is 0.410 e. The van der Waals surface area contributed by atoms with Crippen molar-refractivity contribution in [2.45, 2.75) is 58.5 Å². The van der Waals surface area contributed by atoms with Crippen LogP contribution in [-0.2, 0) is 16.0 Å². The van der Waals surface area contributed by atoms with E-state index in [0.29, 0.717) is 25.3 Å². The Bertz CT molecular complexity index is 777. The van der Waals surface area contributed by atoms with Crippen LogP contribution in [0.15, 0.2) is 40.5 Å². The minimum atomic E-state index is -0.529. The fourth-order valence-electron chi connectivity index (χ4n) is 3.18. The summed E-state index contributed by atoms with van der Waals surface area (Å²) in [7, 11) is 0. The fraction of sp³-hybridized carbons (Fsp3) is 0.545. The first kappa shape index (κ1) is 21.2. The summed E-state index contributed by atoms with van der Waals surface area (Å²) < 4.78 is 16.9. The summed E-state index contributed by atoms with van der Waals surface area (Å²) in [5.41, 5.74) is 8.08. The quantitative estimate of drug-likeness (QED) is 0.762. The zero-order valence-corrected chi connectivity index (χ0v) is 17.5. The van der Waals surface area contributed by atoms with Crippen LogP contribution >= 0.6 is 0 Å². The summed E-state index contributed by atoms with van der Waals surface area (Å²) in [5.74, 6) is 0.792. The van der Waals surface area contributed by atoms with Crippen LogP contribution in [0.5, 0.6) is 5.75 Å². The monoisotopic (exact) mass is 401 g/mol. The molecule has 3 rings (SSSR count). The second-order valence-electron chi connectivity index (χ2n) is 8.42. The minimum absolute atomic E-state index is 0.162. The van der Waals surface area contributed by atoms with E-state index in [1.165, 1.54) is 0 Å². The molecular formula is C22H31N3O4. The van der Waals surface area contributed by atoms with Gasteiger partial charge in [0.15, 0.2) is 6.29 Å². The minimum Gasteiger partial charge on any atom is -0.465 e. The standard InChI is InChI=1S/C22H31N3O4/c1-22(2,3)29-21(26)25-14-17(19(23)15-25)13-24-12-16-7-6-8-18(11-16)28-20-9-4-5-10-27-20/h6-8,11,13,20H,4-5,9-10,12,14-15,23H2,1-3H3. The number of ether oxygens (including phenoxy) is 3. The van der Waals surface area contributed by atoms with E-state index in [9.17, 15) is 4.79 Å². The molecule has 2 N–H and O–H groups in total. The Morgan fingerprint density at radius 2 is 2.17 bits per heavy atom. The Morgan fingerprint density at radius 1 is 1.34 bits per heavy atom. The van der Waals surface area contributed by atoms with Crippen molar-refractivity contribution in [2.75, 3.05) is 19.7 Å². The van der Waals surface area contributed by atoms with Gasteiger partial charge in [-0.25, -0.2) is 4.79 Å². The Hall–Kier alpha value is -2.54. The molecule has 7 heteroatoms. The number of rotatable bonds is 5. The summed E-state index contributed by atoms with van der Waals surface area (Å²) in [6.45, 7) is 7.57. The van der Waals surface area contributed by atoms with Gasteiger partial charge < -0.3 is 19.9 Å². The lowest BCUT2D eigenvalue weighted by atomic mass is 10.2. The SMILES string of the molecule is CC(C)(C)OC(=O)N1CC(N)=C(C=NCc2cccc(OC3CCCCO3)c2)C1. The normalized spacial score (nSPS) is 20.4. The van der Waals surface area contributed by atoms with Crippen molar-refractivity contribution in [1.29, 1.82) is 0 Å². The fourth-order valence-corrected chi connectivity index (χ4v) is 3.18. The van der Waals surface area contributed by atoms with Crippen LogP contribution in [0, 0.1) is 0 Å². The maximum absolute atomic E-state index is 12.2. The number of aliphatic imine (C=N–C) groups is 1. The van der Waals surface area contributed by atoms with Crippen LogP contribution in [0.1, 0.15) is 45.6 Å². The largest absolute Gasteiger partial charge is 0.465 e. The molecule has 1 saturated heterocycles. The molecule has 0 aromatic heterocycles. The van der Waals surface area contributed by atoms with Gasteiger partial charge in [-0.2, -0.15) is 0 Å². The lowest BCUT2D eigenvalue weighted by Gasteiger charge is -2.24. The maximum atomic E-state index is 12.2. The molecule has 0 saturated carbocycles. The van der Waals surface area contributed by atoms with Crippen molar-refractivity contribution in [2.24, 2.45) is 10.7 Å². The number of hydrogen-bond donors (Lipinski definition) is 1. The predicted molar refractivity (Wildman–Crippen MR) is 112 cm³/mol. The molecule has 1 atom stereocenters. The number of benzene rings is 1. The third-order valence-corrected chi connectivity index (χ3v) is 4.61. The Balaban J connectivity index is 1.52. The van der Waals surface area contributed by atoms with E-state index in [1.54, 1.807) is 11.1 Å². The molecular weight excluding hydrogens is 370 g/mol. The Morgan fingerprint density at radius 3 is 2.90 bits per heavy atom. The number of amides is 1. The lowest BCUT2D eigenvalue weighted by molar-refractivity contribution is -0.105. The topological polar surface area (TPSA) is 86.4 Å². The maximum Gasteiger partial charge on any atom is 0.410 e. The number of nitrogens with zero attached hydrogens (tertiary/aromatic N) is 2. The van der Waals surface area contributed by atoms with Gasteiger partial charge >= 0.3 is 6.09 Å². The number of nitrogens with two attached hydrogens (primary N) is 1. The third-order valence-electron chi connectivity index (χ3n) is 4.61. The molecule has 0 aliphatic carbocycles. The van der Waals surface area contributed by atoms with E-state index in [2.05, 4.69) is 4.99 Å². The first-order valence-corrected chi connectivity index (χ1v) is 10.1. The molecule has 7 nitrogen and oxygen atoms in total. The van der Waals surface area contributed by atoms with Crippen molar-refractivity contribution in [3.8, 4) is 5.75 Å². The second kappa shape index (κ2) is 9.31. The van der Waals surface area contributed by atoms with E-state index in [-0.39, 0.29) is 12.4 Å². The van der Waals surface area contributed by atoms with Crippen molar-refractivity contribution < 1.29 is 19.0 Å². The zero-order valence-electron chi connectivity index (χ0n) is 17.5. The van der Waals surface area contributed by atoms with Gasteiger partial charge in [0.05, 0.1) is 26.2 Å². The summed E-state index contributed by atoms with van der Waals surface area (Å²) in [6, 6.07) is 7.87. The average molecular weight is 402 g/mol. The van der Waals surface area contributed by atoms with Crippen molar-refractivity contribution >= 4 is 12.3 Å². The van der Waals surface area contributed by atoms with Gasteiger partial charge in [-0.3, -0.25) is 9.89 Å². The van der Waals surface area contributed by atoms with E-state index in [1.807, 2.05) is 45.0 Å². The van der Waals surface area contributed by atoms with E-state index < -0.39 is 5.60 Å². The van der Waals surface area contributed by atoms with E-state index in [0.717, 1.165) is 42.8 Å². The highest BCUT2D eigenvalue weighted by Crippen LogP contribution is 2.21. The highest BCUT2D eigenvalue weighted by Gasteiger charge is 2.27. The average Bonchev–Trinajstić information content (AvgIpc) is 3.03. The molecule has 1 fully saturated rings. The van der Waals surface area contributed by atoms with Crippen LogP contribution in [0.3, 0.4) is 0 Å². The molecule has 0 bridgehead atoms. The molecule has 158 valence electrons. The zero-order chi connectivity index (χ0) is 20.9. The molecule has 29 heavy (non-hydrogen) atoms. The summed E-state index contributed by atoms with van der Waals surface area (Å²) in [4.78, 5) is 18.3. The van der Waals surface area contributed by atoms with Gasteiger partial charge in [-0.05, 0) is 51.3 Å². The molecule has 1 aromatic carbocycles. The molecule has 1 amide bonds. The van der Waals surface area contributed by atoms with E-state index in [4.69, 9.17) is 19.9 Å². The number of hydrogen-bond acceptors (Lipinski definition) is 6. The second-order valence-corrected chi connectivity index (χ2v) is 8.42. The Kier molecular flexibility index (Phi) is 6.79. The van der Waals surface area contributed by atoms with Gasteiger partial charge in [0.1, 0.15) is 11.4 Å². The lowest BCUT2D eigenvalue weighted by Crippen LogP contribution is -2.36. The highest BCUT2D eigenvalue weighted by atomic mass is 16.7.